The van der Waals surface area contributed by atoms with Gasteiger partial charge in [-0.15, -0.1) is 0 Å². The largest absolute Gasteiger partial charge is 0.326 e. The van der Waals surface area contributed by atoms with E-state index >= 15 is 0 Å². The van der Waals surface area contributed by atoms with Gasteiger partial charge < -0.3 is 5.73 Å². The van der Waals surface area contributed by atoms with Crippen molar-refractivity contribution >= 4 is 15.7 Å². The molecule has 1 aromatic heterocycles. The quantitative estimate of drug-likeness (QED) is 0.900. The van der Waals surface area contributed by atoms with Crippen LogP contribution in [0.4, 0.5) is 10.1 Å². The Kier molecular flexibility index (Phi) is 4.01. The van der Waals surface area contributed by atoms with Crippen LogP contribution < -0.4 is 10.5 Å². The van der Waals surface area contributed by atoms with Crippen LogP contribution in [0, 0.1) is 12.7 Å². The molecule has 0 unspecified atom stereocenters. The van der Waals surface area contributed by atoms with E-state index in [2.05, 4.69) is 9.71 Å². The minimum Gasteiger partial charge on any atom is -0.326 e. The average molecular weight is 295 g/mol. The van der Waals surface area contributed by atoms with Crippen molar-refractivity contribution in [3.8, 4) is 0 Å². The maximum atomic E-state index is 13.6. The van der Waals surface area contributed by atoms with Crippen LogP contribution in [0.1, 0.15) is 11.1 Å². The van der Waals surface area contributed by atoms with Gasteiger partial charge in [0.25, 0.3) is 10.0 Å². The predicted octanol–water partition coefficient (Wildman–Crippen LogP) is 1.79. The summed E-state index contributed by atoms with van der Waals surface area (Å²) in [5, 5.41) is -0.185. The van der Waals surface area contributed by atoms with E-state index < -0.39 is 15.8 Å². The molecular weight excluding hydrogens is 281 g/mol. The molecule has 20 heavy (non-hydrogen) atoms. The van der Waals surface area contributed by atoms with Crippen molar-refractivity contribution in [2.45, 2.75) is 18.5 Å². The molecule has 0 saturated carbocycles. The highest BCUT2D eigenvalue weighted by molar-refractivity contribution is 7.92. The SMILES string of the molecule is Cc1ccc(F)c(NS(=O)(=O)c2ccc(CN)cn2)c1. The lowest BCUT2D eigenvalue weighted by Gasteiger charge is -2.09. The molecule has 0 aliphatic rings. The number of hydrogen-bond acceptors (Lipinski definition) is 4. The summed E-state index contributed by atoms with van der Waals surface area (Å²) < 4.78 is 39.9. The summed E-state index contributed by atoms with van der Waals surface area (Å²) in [6.45, 7) is 2.01. The van der Waals surface area contributed by atoms with E-state index in [9.17, 15) is 12.8 Å². The number of nitrogens with two attached hydrogens (primary N) is 1. The second-order valence-electron chi connectivity index (χ2n) is 4.30. The standard InChI is InChI=1S/C13H14FN3O2S/c1-9-2-4-11(14)12(6-9)17-20(18,19)13-5-3-10(7-15)8-16-13/h2-6,8,17H,7,15H2,1H3. The Morgan fingerprint density at radius 2 is 2.05 bits per heavy atom. The number of aromatic nitrogens is 1. The molecule has 0 saturated heterocycles. The minimum atomic E-state index is -3.92. The number of hydrogen-bond donors (Lipinski definition) is 2. The fourth-order valence-corrected chi connectivity index (χ4v) is 2.59. The van der Waals surface area contributed by atoms with Gasteiger partial charge in [-0.3, -0.25) is 4.72 Å². The Morgan fingerprint density at radius 3 is 2.65 bits per heavy atom. The number of halogens is 1. The molecule has 2 aromatic rings. The van der Waals surface area contributed by atoms with E-state index in [0.717, 1.165) is 5.56 Å². The molecular formula is C13H14FN3O2S. The van der Waals surface area contributed by atoms with Gasteiger partial charge in [-0.25, -0.2) is 9.37 Å². The first-order chi connectivity index (χ1) is 9.42. The molecule has 5 nitrogen and oxygen atoms in total. The highest BCUT2D eigenvalue weighted by Crippen LogP contribution is 2.19. The zero-order valence-corrected chi connectivity index (χ0v) is 11.6. The lowest BCUT2D eigenvalue weighted by atomic mass is 10.2. The Hall–Kier alpha value is -1.99. The van der Waals surface area contributed by atoms with Crippen molar-refractivity contribution in [2.75, 3.05) is 4.72 Å². The second kappa shape index (κ2) is 5.56. The van der Waals surface area contributed by atoms with E-state index in [1.165, 1.54) is 24.4 Å². The van der Waals surface area contributed by atoms with Crippen LogP contribution in [-0.4, -0.2) is 13.4 Å². The Morgan fingerprint density at radius 1 is 1.30 bits per heavy atom. The van der Waals surface area contributed by atoms with Crippen LogP contribution in [0.3, 0.4) is 0 Å². The topological polar surface area (TPSA) is 85.1 Å². The first kappa shape index (κ1) is 14.4. The van der Waals surface area contributed by atoms with Crippen molar-refractivity contribution in [2.24, 2.45) is 5.73 Å². The highest BCUT2D eigenvalue weighted by atomic mass is 32.2. The Bertz CT molecular complexity index is 715. The normalized spacial score (nSPS) is 11.3. The maximum Gasteiger partial charge on any atom is 0.279 e. The summed E-state index contributed by atoms with van der Waals surface area (Å²) in [4.78, 5) is 3.82. The third kappa shape index (κ3) is 3.12. The second-order valence-corrected chi connectivity index (χ2v) is 5.93. The predicted molar refractivity (Wildman–Crippen MR) is 74.1 cm³/mol. The maximum absolute atomic E-state index is 13.6. The van der Waals surface area contributed by atoms with Crippen molar-refractivity contribution < 1.29 is 12.8 Å². The first-order valence-electron chi connectivity index (χ1n) is 5.86. The number of anilines is 1. The molecule has 3 N–H and O–H groups in total. The van der Waals surface area contributed by atoms with E-state index in [-0.39, 0.29) is 17.3 Å². The number of sulfonamides is 1. The number of pyridine rings is 1. The van der Waals surface area contributed by atoms with Crippen LogP contribution in [0.25, 0.3) is 0 Å². The van der Waals surface area contributed by atoms with E-state index in [4.69, 9.17) is 5.73 Å². The smallest absolute Gasteiger partial charge is 0.279 e. The highest BCUT2D eigenvalue weighted by Gasteiger charge is 2.17. The van der Waals surface area contributed by atoms with Gasteiger partial charge in [0.1, 0.15) is 5.82 Å². The summed E-state index contributed by atoms with van der Waals surface area (Å²) in [5.74, 6) is -0.641. The molecule has 0 amide bonds. The van der Waals surface area contributed by atoms with E-state index in [1.807, 2.05) is 0 Å². The van der Waals surface area contributed by atoms with Crippen LogP contribution in [0.15, 0.2) is 41.6 Å². The zero-order valence-electron chi connectivity index (χ0n) is 10.8. The molecule has 106 valence electrons. The monoisotopic (exact) mass is 295 g/mol. The summed E-state index contributed by atoms with van der Waals surface area (Å²) >= 11 is 0. The lowest BCUT2D eigenvalue weighted by molar-refractivity contribution is 0.595. The fraction of sp³-hybridized carbons (Fsp3) is 0.154. The molecule has 0 fully saturated rings. The molecule has 1 aromatic carbocycles. The van der Waals surface area contributed by atoms with E-state index in [1.54, 1.807) is 19.1 Å². The van der Waals surface area contributed by atoms with Crippen LogP contribution in [-0.2, 0) is 16.6 Å². The van der Waals surface area contributed by atoms with Crippen molar-refractivity contribution in [1.29, 1.82) is 0 Å². The molecule has 7 heteroatoms. The van der Waals surface area contributed by atoms with Gasteiger partial charge in [0, 0.05) is 12.7 Å². The number of nitrogens with zero attached hydrogens (tertiary/aromatic N) is 1. The van der Waals surface area contributed by atoms with Gasteiger partial charge >= 0.3 is 0 Å². The third-order valence-corrected chi connectivity index (χ3v) is 3.96. The van der Waals surface area contributed by atoms with Gasteiger partial charge in [-0.1, -0.05) is 12.1 Å². The average Bonchev–Trinajstić information content (AvgIpc) is 2.43. The van der Waals surface area contributed by atoms with Crippen molar-refractivity contribution in [3.05, 3.63) is 53.5 Å². The number of rotatable bonds is 4. The molecule has 0 radical (unpaired) electrons. The van der Waals surface area contributed by atoms with Gasteiger partial charge in [0.05, 0.1) is 5.69 Å². The van der Waals surface area contributed by atoms with E-state index in [0.29, 0.717) is 5.56 Å². The minimum absolute atomic E-state index is 0.102. The molecule has 0 aliphatic carbocycles. The third-order valence-electron chi connectivity index (χ3n) is 2.67. The zero-order chi connectivity index (χ0) is 14.8. The molecule has 0 spiro atoms. The van der Waals surface area contributed by atoms with Gasteiger partial charge in [0.2, 0.25) is 0 Å². The fourth-order valence-electron chi connectivity index (χ4n) is 1.61. The summed E-state index contributed by atoms with van der Waals surface area (Å²) in [6.07, 6.45) is 1.38. The number of aryl methyl sites for hydroxylation is 1. The van der Waals surface area contributed by atoms with Crippen molar-refractivity contribution in [1.82, 2.24) is 4.98 Å². The van der Waals surface area contributed by atoms with Crippen LogP contribution >= 0.6 is 0 Å². The van der Waals surface area contributed by atoms with Crippen molar-refractivity contribution in [3.63, 3.8) is 0 Å². The number of nitrogens with one attached hydrogen (secondary N) is 1. The molecule has 1 heterocycles. The molecule has 0 bridgehead atoms. The van der Waals surface area contributed by atoms with Crippen LogP contribution in [0.5, 0.6) is 0 Å². The summed E-state index contributed by atoms with van der Waals surface area (Å²) in [5.41, 5.74) is 6.77. The summed E-state index contributed by atoms with van der Waals surface area (Å²) in [7, 11) is -3.92. The Labute approximate surface area is 116 Å². The summed E-state index contributed by atoms with van der Waals surface area (Å²) in [6, 6.07) is 7.08. The first-order valence-corrected chi connectivity index (χ1v) is 7.34. The molecule has 2 rings (SSSR count). The van der Waals surface area contributed by atoms with Gasteiger partial charge in [-0.2, -0.15) is 8.42 Å². The molecule has 0 aliphatic heterocycles. The number of benzene rings is 1. The van der Waals surface area contributed by atoms with Gasteiger partial charge in [0.15, 0.2) is 5.03 Å². The molecule has 0 atom stereocenters. The lowest BCUT2D eigenvalue weighted by Crippen LogP contribution is -2.15. The van der Waals surface area contributed by atoms with Crippen LogP contribution in [0.2, 0.25) is 0 Å². The van der Waals surface area contributed by atoms with Gasteiger partial charge in [-0.05, 0) is 36.2 Å². The Balaban J connectivity index is 2.32.